The fourth-order valence-corrected chi connectivity index (χ4v) is 3.91. The molecule has 2 aliphatic heterocycles. The number of rotatable bonds is 0. The summed E-state index contributed by atoms with van der Waals surface area (Å²) in [7, 11) is 0. The molecule has 2 N–H and O–H groups in total. The molecule has 0 saturated carbocycles. The summed E-state index contributed by atoms with van der Waals surface area (Å²) in [5, 5.41) is 7.30. The molecule has 2 aliphatic rings. The molecule has 2 rings (SSSR count). The summed E-state index contributed by atoms with van der Waals surface area (Å²) in [6, 6.07) is 0. The van der Waals surface area contributed by atoms with E-state index in [1.54, 1.807) is 0 Å². The third-order valence-corrected chi connectivity index (χ3v) is 5.32. The van der Waals surface area contributed by atoms with Gasteiger partial charge in [-0.05, 0) is 29.8 Å². The molecular formula is C13H26N2. The van der Waals surface area contributed by atoms with Crippen molar-refractivity contribution in [2.45, 2.75) is 34.6 Å². The largest absolute Gasteiger partial charge is 0.316 e. The van der Waals surface area contributed by atoms with Crippen LogP contribution >= 0.6 is 0 Å². The van der Waals surface area contributed by atoms with Crippen molar-refractivity contribution < 1.29 is 0 Å². The summed E-state index contributed by atoms with van der Waals surface area (Å²) in [4.78, 5) is 0. The summed E-state index contributed by atoms with van der Waals surface area (Å²) in [5.41, 5.74) is 1.19. The molecule has 2 nitrogen and oxygen atoms in total. The van der Waals surface area contributed by atoms with Gasteiger partial charge in [0, 0.05) is 18.5 Å². The second-order valence-corrected chi connectivity index (χ2v) is 7.01. The third-order valence-electron chi connectivity index (χ3n) is 5.32. The van der Waals surface area contributed by atoms with Gasteiger partial charge in [0.1, 0.15) is 0 Å². The summed E-state index contributed by atoms with van der Waals surface area (Å²) in [6.07, 6.45) is 0. The highest BCUT2D eigenvalue weighted by Crippen LogP contribution is 2.57. The highest BCUT2D eigenvalue weighted by atomic mass is 15.0. The first-order valence-corrected chi connectivity index (χ1v) is 6.23. The van der Waals surface area contributed by atoms with E-state index in [1.807, 2.05) is 0 Å². The van der Waals surface area contributed by atoms with Crippen LogP contribution in [0.1, 0.15) is 34.6 Å². The van der Waals surface area contributed by atoms with Crippen LogP contribution in [0.5, 0.6) is 0 Å². The van der Waals surface area contributed by atoms with E-state index in [-0.39, 0.29) is 0 Å². The second-order valence-electron chi connectivity index (χ2n) is 7.01. The number of hydrogen-bond acceptors (Lipinski definition) is 2. The van der Waals surface area contributed by atoms with Gasteiger partial charge < -0.3 is 10.6 Å². The van der Waals surface area contributed by atoms with Gasteiger partial charge in [0.25, 0.3) is 0 Å². The van der Waals surface area contributed by atoms with Crippen molar-refractivity contribution in [3.63, 3.8) is 0 Å². The first-order valence-electron chi connectivity index (χ1n) is 6.23. The van der Waals surface area contributed by atoms with Crippen molar-refractivity contribution in [2.24, 2.45) is 22.2 Å². The predicted molar refractivity (Wildman–Crippen MR) is 64.9 cm³/mol. The first kappa shape index (κ1) is 11.4. The molecule has 2 bridgehead atoms. The molecule has 2 heterocycles. The number of piperidine rings is 2. The summed E-state index contributed by atoms with van der Waals surface area (Å²) in [5.74, 6) is 0.777. The molecule has 2 saturated heterocycles. The quantitative estimate of drug-likeness (QED) is 0.638. The Morgan fingerprint density at radius 2 is 1.47 bits per heavy atom. The Labute approximate surface area is 94.2 Å². The van der Waals surface area contributed by atoms with Gasteiger partial charge in [-0.3, -0.25) is 0 Å². The van der Waals surface area contributed by atoms with E-state index in [1.165, 1.54) is 13.1 Å². The topological polar surface area (TPSA) is 24.1 Å². The molecule has 0 radical (unpaired) electrons. The van der Waals surface area contributed by atoms with Crippen molar-refractivity contribution >= 4 is 0 Å². The van der Waals surface area contributed by atoms with Gasteiger partial charge in [0.15, 0.2) is 0 Å². The van der Waals surface area contributed by atoms with Crippen LogP contribution in [0.2, 0.25) is 0 Å². The van der Waals surface area contributed by atoms with Gasteiger partial charge in [0.2, 0.25) is 0 Å². The van der Waals surface area contributed by atoms with Crippen molar-refractivity contribution in [1.82, 2.24) is 10.6 Å². The lowest BCUT2D eigenvalue weighted by Crippen LogP contribution is -2.70. The maximum Gasteiger partial charge on any atom is 0.00556 e. The average Bonchev–Trinajstić information content (AvgIpc) is 1.98. The van der Waals surface area contributed by atoms with Crippen LogP contribution in [0.25, 0.3) is 0 Å². The Balaban J connectivity index is 2.42. The lowest BCUT2D eigenvalue weighted by molar-refractivity contribution is -0.119. The zero-order valence-corrected chi connectivity index (χ0v) is 10.9. The smallest absolute Gasteiger partial charge is 0.00556 e. The van der Waals surface area contributed by atoms with Crippen LogP contribution in [0.3, 0.4) is 0 Å². The van der Waals surface area contributed by atoms with Crippen molar-refractivity contribution in [2.75, 3.05) is 26.2 Å². The van der Waals surface area contributed by atoms with Crippen molar-refractivity contribution in [1.29, 1.82) is 0 Å². The van der Waals surface area contributed by atoms with E-state index in [9.17, 15) is 0 Å². The molecule has 0 aliphatic carbocycles. The zero-order valence-electron chi connectivity index (χ0n) is 10.9. The van der Waals surface area contributed by atoms with Crippen LogP contribution in [0, 0.1) is 22.2 Å². The lowest BCUT2D eigenvalue weighted by Gasteiger charge is -2.64. The van der Waals surface area contributed by atoms with E-state index >= 15 is 0 Å². The minimum Gasteiger partial charge on any atom is -0.316 e. The van der Waals surface area contributed by atoms with E-state index < -0.39 is 0 Å². The van der Waals surface area contributed by atoms with Crippen molar-refractivity contribution in [3.05, 3.63) is 0 Å². The second kappa shape index (κ2) is 3.21. The Morgan fingerprint density at radius 3 is 1.80 bits per heavy atom. The van der Waals surface area contributed by atoms with Gasteiger partial charge in [0.05, 0.1) is 0 Å². The Hall–Kier alpha value is -0.0800. The number of nitrogens with one attached hydrogen (secondary N) is 2. The van der Waals surface area contributed by atoms with Gasteiger partial charge >= 0.3 is 0 Å². The minimum atomic E-state index is 0.357. The van der Waals surface area contributed by atoms with E-state index in [2.05, 4.69) is 45.3 Å². The fraction of sp³-hybridized carbons (Fsp3) is 1.00. The highest BCUT2D eigenvalue weighted by molar-refractivity contribution is 5.11. The summed E-state index contributed by atoms with van der Waals surface area (Å²) < 4.78 is 0. The van der Waals surface area contributed by atoms with Gasteiger partial charge in [-0.25, -0.2) is 0 Å². The summed E-state index contributed by atoms with van der Waals surface area (Å²) in [6.45, 7) is 16.8. The standard InChI is InChI=1S/C13H26N2/c1-11(2,3)13-8-14-6-10(7-15-9-13)12(13,4)5/h10,14-15H,6-9H2,1-5H3. The van der Waals surface area contributed by atoms with E-state index in [0.29, 0.717) is 16.2 Å². The maximum atomic E-state index is 3.65. The molecule has 0 spiro atoms. The van der Waals surface area contributed by atoms with E-state index in [4.69, 9.17) is 0 Å². The van der Waals surface area contributed by atoms with Crippen LogP contribution < -0.4 is 10.6 Å². The minimum absolute atomic E-state index is 0.357. The molecule has 0 aromatic rings. The van der Waals surface area contributed by atoms with Crippen LogP contribution in [-0.4, -0.2) is 26.2 Å². The van der Waals surface area contributed by atoms with Crippen LogP contribution in [-0.2, 0) is 0 Å². The van der Waals surface area contributed by atoms with Crippen molar-refractivity contribution in [3.8, 4) is 0 Å². The molecule has 15 heavy (non-hydrogen) atoms. The summed E-state index contributed by atoms with van der Waals surface area (Å²) >= 11 is 0. The monoisotopic (exact) mass is 210 g/mol. The normalized spacial score (nSPS) is 40.2. The van der Waals surface area contributed by atoms with Gasteiger partial charge in [-0.1, -0.05) is 34.6 Å². The van der Waals surface area contributed by atoms with Crippen LogP contribution in [0.15, 0.2) is 0 Å². The predicted octanol–water partition coefficient (Wildman–Crippen LogP) is 1.87. The fourth-order valence-electron chi connectivity index (χ4n) is 3.91. The SMILES string of the molecule is CC(C)(C)C12CNCC(CNC1)C2(C)C. The molecule has 0 unspecified atom stereocenters. The Morgan fingerprint density at radius 1 is 1.00 bits per heavy atom. The van der Waals surface area contributed by atoms with Crippen LogP contribution in [0.4, 0.5) is 0 Å². The van der Waals surface area contributed by atoms with E-state index in [0.717, 1.165) is 19.0 Å². The molecule has 2 fully saturated rings. The Kier molecular flexibility index (Phi) is 2.44. The maximum absolute atomic E-state index is 3.65. The first-order chi connectivity index (χ1) is 6.81. The molecule has 88 valence electrons. The molecule has 0 aromatic carbocycles. The molecular weight excluding hydrogens is 184 g/mol. The Bertz CT molecular complexity index is 240. The zero-order chi connectivity index (χ0) is 11.3. The van der Waals surface area contributed by atoms with Gasteiger partial charge in [-0.15, -0.1) is 0 Å². The number of fused-ring (bicyclic) bond motifs is 2. The van der Waals surface area contributed by atoms with Gasteiger partial charge in [-0.2, -0.15) is 0 Å². The number of hydrogen-bond donors (Lipinski definition) is 2. The molecule has 2 heteroatoms. The highest BCUT2D eigenvalue weighted by Gasteiger charge is 2.58. The molecule has 0 aromatic heterocycles. The average molecular weight is 210 g/mol. The third kappa shape index (κ3) is 1.38. The lowest BCUT2D eigenvalue weighted by atomic mass is 9.47. The molecule has 0 atom stereocenters. The molecule has 0 amide bonds.